The Kier molecular flexibility index (Phi) is 7.94. The van der Waals surface area contributed by atoms with Gasteiger partial charge in [-0.2, -0.15) is 0 Å². The molecule has 0 aliphatic rings. The zero-order chi connectivity index (χ0) is 15.8. The van der Waals surface area contributed by atoms with Crippen LogP contribution in [0.15, 0.2) is 24.3 Å². The van der Waals surface area contributed by atoms with Gasteiger partial charge in [-0.05, 0) is 66.6 Å². The highest BCUT2D eigenvalue weighted by Gasteiger charge is 2.22. The lowest BCUT2D eigenvalue weighted by Gasteiger charge is -2.34. The average Bonchev–Trinajstić information content (AvgIpc) is 2.46. The minimum Gasteiger partial charge on any atom is -0.312 e. The summed E-state index contributed by atoms with van der Waals surface area (Å²) in [5, 5.41) is 3.50. The maximum absolute atomic E-state index is 3.50. The second kappa shape index (κ2) is 9.19. The van der Waals surface area contributed by atoms with E-state index in [1.54, 1.807) is 0 Å². The van der Waals surface area contributed by atoms with Crippen LogP contribution in [-0.4, -0.2) is 56.6 Å². The Bertz CT molecular complexity index is 386. The van der Waals surface area contributed by atoms with E-state index in [4.69, 9.17) is 0 Å². The van der Waals surface area contributed by atoms with Gasteiger partial charge in [-0.1, -0.05) is 36.8 Å². The fraction of sp³-hybridized carbons (Fsp3) is 0.667. The molecule has 0 aliphatic carbocycles. The number of hydrogen-bond acceptors (Lipinski definition) is 3. The van der Waals surface area contributed by atoms with Crippen LogP contribution >= 0.6 is 0 Å². The lowest BCUT2D eigenvalue weighted by Crippen LogP contribution is -2.43. The topological polar surface area (TPSA) is 18.5 Å². The second-order valence-corrected chi connectivity index (χ2v) is 6.20. The van der Waals surface area contributed by atoms with E-state index in [0.717, 1.165) is 19.6 Å². The van der Waals surface area contributed by atoms with Gasteiger partial charge in [0.15, 0.2) is 0 Å². The third-order valence-electron chi connectivity index (χ3n) is 4.26. The Labute approximate surface area is 131 Å². The van der Waals surface area contributed by atoms with E-state index in [0.29, 0.717) is 12.1 Å². The van der Waals surface area contributed by atoms with E-state index < -0.39 is 0 Å². The minimum atomic E-state index is 0.380. The van der Waals surface area contributed by atoms with Crippen molar-refractivity contribution >= 4 is 0 Å². The monoisotopic (exact) mass is 291 g/mol. The van der Waals surface area contributed by atoms with Crippen molar-refractivity contribution in [1.82, 2.24) is 15.1 Å². The van der Waals surface area contributed by atoms with Crippen LogP contribution in [0, 0.1) is 6.92 Å². The zero-order valence-corrected chi connectivity index (χ0v) is 14.7. The van der Waals surface area contributed by atoms with Crippen LogP contribution in [-0.2, 0) is 0 Å². The smallest absolute Gasteiger partial charge is 0.0473 e. The standard InChI is InChI=1S/C18H33N3/c1-7-21(14-8-13-20(5)6)16(3)18(19-4)17-11-9-15(2)10-12-17/h9-12,16,18-19H,7-8,13-14H2,1-6H3. The summed E-state index contributed by atoms with van der Waals surface area (Å²) in [6.45, 7) is 10.1. The molecular weight excluding hydrogens is 258 g/mol. The molecule has 0 radical (unpaired) electrons. The summed E-state index contributed by atoms with van der Waals surface area (Å²) < 4.78 is 0. The van der Waals surface area contributed by atoms with Crippen LogP contribution in [0.1, 0.15) is 37.4 Å². The lowest BCUT2D eigenvalue weighted by atomic mass is 9.98. The molecule has 1 aromatic carbocycles. The molecule has 0 fully saturated rings. The summed E-state index contributed by atoms with van der Waals surface area (Å²) in [5.74, 6) is 0. The van der Waals surface area contributed by atoms with E-state index in [1.807, 2.05) is 0 Å². The van der Waals surface area contributed by atoms with Crippen molar-refractivity contribution in [2.75, 3.05) is 40.8 Å². The number of likely N-dealkylation sites (N-methyl/N-ethyl adjacent to an activating group) is 2. The Morgan fingerprint density at radius 2 is 1.71 bits per heavy atom. The summed E-state index contributed by atoms with van der Waals surface area (Å²) in [4.78, 5) is 4.83. The van der Waals surface area contributed by atoms with Gasteiger partial charge in [0.1, 0.15) is 0 Å². The highest BCUT2D eigenvalue weighted by Crippen LogP contribution is 2.21. The molecular formula is C18H33N3. The summed E-state index contributed by atoms with van der Waals surface area (Å²) >= 11 is 0. The molecule has 3 heteroatoms. The molecule has 0 amide bonds. The number of nitrogens with one attached hydrogen (secondary N) is 1. The fourth-order valence-corrected chi connectivity index (χ4v) is 2.91. The predicted octanol–water partition coefficient (Wildman–Crippen LogP) is 2.92. The summed E-state index contributed by atoms with van der Waals surface area (Å²) in [6, 6.07) is 9.78. The van der Waals surface area contributed by atoms with Crippen molar-refractivity contribution in [3.05, 3.63) is 35.4 Å². The fourth-order valence-electron chi connectivity index (χ4n) is 2.91. The molecule has 0 saturated carbocycles. The van der Waals surface area contributed by atoms with Crippen LogP contribution in [0.3, 0.4) is 0 Å². The molecule has 1 N–H and O–H groups in total. The first-order valence-electron chi connectivity index (χ1n) is 8.12. The summed E-state index contributed by atoms with van der Waals surface area (Å²) in [5.41, 5.74) is 2.70. The third-order valence-corrected chi connectivity index (χ3v) is 4.26. The SMILES string of the molecule is CCN(CCCN(C)C)C(C)C(NC)c1ccc(C)cc1. The van der Waals surface area contributed by atoms with Gasteiger partial charge in [-0.15, -0.1) is 0 Å². The molecule has 21 heavy (non-hydrogen) atoms. The van der Waals surface area contributed by atoms with Crippen molar-refractivity contribution in [2.45, 2.75) is 39.3 Å². The molecule has 3 nitrogen and oxygen atoms in total. The molecule has 1 aromatic rings. The summed E-state index contributed by atoms with van der Waals surface area (Å²) in [7, 11) is 6.35. The predicted molar refractivity (Wildman–Crippen MR) is 92.9 cm³/mol. The van der Waals surface area contributed by atoms with Gasteiger partial charge in [-0.25, -0.2) is 0 Å². The second-order valence-electron chi connectivity index (χ2n) is 6.20. The van der Waals surface area contributed by atoms with Crippen LogP contribution in [0.25, 0.3) is 0 Å². The normalized spacial score (nSPS) is 14.7. The lowest BCUT2D eigenvalue weighted by molar-refractivity contribution is 0.173. The van der Waals surface area contributed by atoms with E-state index in [-0.39, 0.29) is 0 Å². The number of aryl methyl sites for hydroxylation is 1. The average molecular weight is 291 g/mol. The Morgan fingerprint density at radius 1 is 1.10 bits per heavy atom. The molecule has 0 bridgehead atoms. The van der Waals surface area contributed by atoms with Crippen molar-refractivity contribution in [1.29, 1.82) is 0 Å². The van der Waals surface area contributed by atoms with Crippen molar-refractivity contribution in [2.24, 2.45) is 0 Å². The first kappa shape index (κ1) is 18.1. The maximum atomic E-state index is 3.50. The molecule has 1 rings (SSSR count). The quantitative estimate of drug-likeness (QED) is 0.755. The van der Waals surface area contributed by atoms with Gasteiger partial charge in [0.2, 0.25) is 0 Å². The minimum absolute atomic E-state index is 0.380. The molecule has 120 valence electrons. The highest BCUT2D eigenvalue weighted by atomic mass is 15.2. The first-order chi connectivity index (χ1) is 9.99. The van der Waals surface area contributed by atoms with Crippen LogP contribution in [0.2, 0.25) is 0 Å². The Hall–Kier alpha value is -0.900. The maximum Gasteiger partial charge on any atom is 0.0473 e. The van der Waals surface area contributed by atoms with Crippen LogP contribution in [0.4, 0.5) is 0 Å². The van der Waals surface area contributed by atoms with Gasteiger partial charge in [0.25, 0.3) is 0 Å². The molecule has 0 saturated heterocycles. The van der Waals surface area contributed by atoms with Gasteiger partial charge < -0.3 is 10.2 Å². The van der Waals surface area contributed by atoms with Gasteiger partial charge in [-0.3, -0.25) is 4.90 Å². The van der Waals surface area contributed by atoms with E-state index >= 15 is 0 Å². The van der Waals surface area contributed by atoms with Gasteiger partial charge in [0, 0.05) is 12.1 Å². The first-order valence-corrected chi connectivity index (χ1v) is 8.12. The van der Waals surface area contributed by atoms with Crippen LogP contribution in [0.5, 0.6) is 0 Å². The molecule has 0 spiro atoms. The van der Waals surface area contributed by atoms with Crippen molar-refractivity contribution in [3.8, 4) is 0 Å². The molecule has 2 atom stereocenters. The Morgan fingerprint density at radius 3 is 2.19 bits per heavy atom. The number of hydrogen-bond donors (Lipinski definition) is 1. The van der Waals surface area contributed by atoms with Gasteiger partial charge in [0.05, 0.1) is 0 Å². The number of nitrogens with zero attached hydrogens (tertiary/aromatic N) is 2. The van der Waals surface area contributed by atoms with Crippen molar-refractivity contribution < 1.29 is 0 Å². The van der Waals surface area contributed by atoms with E-state index in [9.17, 15) is 0 Å². The molecule has 0 aromatic heterocycles. The number of rotatable bonds is 9. The van der Waals surface area contributed by atoms with Crippen molar-refractivity contribution in [3.63, 3.8) is 0 Å². The zero-order valence-electron chi connectivity index (χ0n) is 14.7. The molecule has 0 aliphatic heterocycles. The Balaban J connectivity index is 2.70. The third kappa shape index (κ3) is 5.77. The molecule has 2 unspecified atom stereocenters. The van der Waals surface area contributed by atoms with E-state index in [1.165, 1.54) is 17.5 Å². The summed E-state index contributed by atoms with van der Waals surface area (Å²) in [6.07, 6.45) is 1.22. The molecule has 0 heterocycles. The van der Waals surface area contributed by atoms with Crippen LogP contribution < -0.4 is 5.32 Å². The highest BCUT2D eigenvalue weighted by molar-refractivity contribution is 5.25. The largest absolute Gasteiger partial charge is 0.312 e. The van der Waals surface area contributed by atoms with E-state index in [2.05, 4.69) is 81.3 Å². The number of benzene rings is 1. The van der Waals surface area contributed by atoms with Gasteiger partial charge >= 0.3 is 0 Å².